The quantitative estimate of drug-likeness (QED) is 0.831. The molecule has 2 unspecified atom stereocenters. The summed E-state index contributed by atoms with van der Waals surface area (Å²) in [7, 11) is 0. The predicted octanol–water partition coefficient (Wildman–Crippen LogP) is 3.28. The Morgan fingerprint density at radius 2 is 1.95 bits per heavy atom. The zero-order valence-corrected chi connectivity index (χ0v) is 14.1. The zero-order chi connectivity index (χ0) is 15.2. The van der Waals surface area contributed by atoms with Crippen molar-refractivity contribution < 1.29 is 0 Å². The Labute approximate surface area is 130 Å². The van der Waals surface area contributed by atoms with Crippen molar-refractivity contribution in [1.29, 1.82) is 0 Å². The van der Waals surface area contributed by atoms with Crippen LogP contribution in [0.2, 0.25) is 0 Å². The SMILES string of the molecule is CCNC(C)c1ccccc1N1CCC(N(CC)CC)C1. The van der Waals surface area contributed by atoms with E-state index in [1.807, 2.05) is 0 Å². The molecule has 0 bridgehead atoms. The van der Waals surface area contributed by atoms with E-state index in [9.17, 15) is 0 Å². The fourth-order valence-electron chi connectivity index (χ4n) is 3.56. The largest absolute Gasteiger partial charge is 0.370 e. The molecule has 3 nitrogen and oxygen atoms in total. The Morgan fingerprint density at radius 1 is 1.24 bits per heavy atom. The standard InChI is InChI=1S/C18H31N3/c1-5-19-15(4)17-10-8-9-11-18(17)21-13-12-16(14-21)20(6-2)7-3/h8-11,15-16,19H,5-7,12-14H2,1-4H3. The Bertz CT molecular complexity index is 428. The van der Waals surface area contributed by atoms with Gasteiger partial charge in [0.1, 0.15) is 0 Å². The van der Waals surface area contributed by atoms with Gasteiger partial charge in [-0.25, -0.2) is 0 Å². The van der Waals surface area contributed by atoms with Crippen molar-refractivity contribution in [2.24, 2.45) is 0 Å². The van der Waals surface area contributed by atoms with Gasteiger partial charge in [0.05, 0.1) is 0 Å². The third-order valence-electron chi connectivity index (χ3n) is 4.75. The molecule has 0 aromatic heterocycles. The summed E-state index contributed by atoms with van der Waals surface area (Å²) in [4.78, 5) is 5.17. The van der Waals surface area contributed by atoms with Crippen molar-refractivity contribution in [3.05, 3.63) is 29.8 Å². The Morgan fingerprint density at radius 3 is 2.62 bits per heavy atom. The van der Waals surface area contributed by atoms with Crippen molar-refractivity contribution >= 4 is 5.69 Å². The van der Waals surface area contributed by atoms with E-state index in [1.54, 1.807) is 0 Å². The van der Waals surface area contributed by atoms with Gasteiger partial charge >= 0.3 is 0 Å². The zero-order valence-electron chi connectivity index (χ0n) is 14.1. The molecule has 0 aliphatic carbocycles. The average molecular weight is 289 g/mol. The number of hydrogen-bond donors (Lipinski definition) is 1. The molecule has 21 heavy (non-hydrogen) atoms. The lowest BCUT2D eigenvalue weighted by atomic mass is 10.1. The number of nitrogens with one attached hydrogen (secondary N) is 1. The maximum atomic E-state index is 3.54. The molecule has 0 spiro atoms. The van der Waals surface area contributed by atoms with Crippen LogP contribution >= 0.6 is 0 Å². The molecular formula is C18H31N3. The first-order chi connectivity index (χ1) is 10.2. The van der Waals surface area contributed by atoms with Crippen LogP contribution in [0.25, 0.3) is 0 Å². The van der Waals surface area contributed by atoms with Crippen molar-refractivity contribution in [3.8, 4) is 0 Å². The fourth-order valence-corrected chi connectivity index (χ4v) is 3.56. The van der Waals surface area contributed by atoms with Gasteiger partial charge in [-0.05, 0) is 44.6 Å². The Hall–Kier alpha value is -1.06. The van der Waals surface area contributed by atoms with Gasteiger partial charge in [0.15, 0.2) is 0 Å². The maximum absolute atomic E-state index is 3.54. The molecule has 0 saturated carbocycles. The highest BCUT2D eigenvalue weighted by Crippen LogP contribution is 2.30. The molecule has 118 valence electrons. The third kappa shape index (κ3) is 3.78. The summed E-state index contributed by atoms with van der Waals surface area (Å²) < 4.78 is 0. The van der Waals surface area contributed by atoms with E-state index in [0.29, 0.717) is 12.1 Å². The Balaban J connectivity index is 2.12. The van der Waals surface area contributed by atoms with E-state index >= 15 is 0 Å². The molecule has 0 amide bonds. The molecule has 3 heteroatoms. The summed E-state index contributed by atoms with van der Waals surface area (Å²) >= 11 is 0. The summed E-state index contributed by atoms with van der Waals surface area (Å²) in [6, 6.07) is 10.0. The predicted molar refractivity (Wildman–Crippen MR) is 92.1 cm³/mol. The van der Waals surface area contributed by atoms with Gasteiger partial charge in [0.25, 0.3) is 0 Å². The van der Waals surface area contributed by atoms with Gasteiger partial charge in [0, 0.05) is 30.9 Å². The van der Waals surface area contributed by atoms with Gasteiger partial charge in [-0.3, -0.25) is 4.90 Å². The minimum atomic E-state index is 0.415. The lowest BCUT2D eigenvalue weighted by molar-refractivity contribution is 0.232. The highest BCUT2D eigenvalue weighted by Gasteiger charge is 2.27. The molecule has 2 rings (SSSR count). The van der Waals surface area contributed by atoms with Crippen molar-refractivity contribution in [2.45, 2.75) is 46.2 Å². The molecule has 1 aliphatic heterocycles. The van der Waals surface area contributed by atoms with Crippen LogP contribution < -0.4 is 10.2 Å². The molecule has 2 atom stereocenters. The molecule has 1 saturated heterocycles. The minimum absolute atomic E-state index is 0.415. The van der Waals surface area contributed by atoms with Crippen LogP contribution in [0, 0.1) is 0 Å². The van der Waals surface area contributed by atoms with Crippen molar-refractivity contribution in [3.63, 3.8) is 0 Å². The van der Waals surface area contributed by atoms with Gasteiger partial charge in [0.2, 0.25) is 0 Å². The van der Waals surface area contributed by atoms with Gasteiger partial charge in [-0.15, -0.1) is 0 Å². The second-order valence-corrected chi connectivity index (χ2v) is 5.95. The maximum Gasteiger partial charge on any atom is 0.0415 e. The number of likely N-dealkylation sites (N-methyl/N-ethyl adjacent to an activating group) is 1. The van der Waals surface area contributed by atoms with Crippen LogP contribution in [0.15, 0.2) is 24.3 Å². The summed E-state index contributed by atoms with van der Waals surface area (Å²) in [5.41, 5.74) is 2.85. The summed E-state index contributed by atoms with van der Waals surface area (Å²) in [5, 5.41) is 3.54. The van der Waals surface area contributed by atoms with Crippen LogP contribution in [-0.2, 0) is 0 Å². The lowest BCUT2D eigenvalue weighted by Crippen LogP contribution is -2.37. The monoisotopic (exact) mass is 289 g/mol. The summed E-state index contributed by atoms with van der Waals surface area (Å²) in [5.74, 6) is 0. The molecule has 1 heterocycles. The number of hydrogen-bond acceptors (Lipinski definition) is 3. The third-order valence-corrected chi connectivity index (χ3v) is 4.75. The van der Waals surface area contributed by atoms with Crippen LogP contribution in [0.1, 0.15) is 45.7 Å². The van der Waals surface area contributed by atoms with E-state index < -0.39 is 0 Å². The first kappa shape index (κ1) is 16.3. The smallest absolute Gasteiger partial charge is 0.0415 e. The highest BCUT2D eigenvalue weighted by atomic mass is 15.3. The lowest BCUT2D eigenvalue weighted by Gasteiger charge is -2.28. The fraction of sp³-hybridized carbons (Fsp3) is 0.667. The van der Waals surface area contributed by atoms with Gasteiger partial charge in [-0.1, -0.05) is 39.0 Å². The van der Waals surface area contributed by atoms with E-state index in [2.05, 4.69) is 67.1 Å². The Kier molecular flexibility index (Phi) is 6.07. The number of anilines is 1. The molecule has 1 aliphatic rings. The second-order valence-electron chi connectivity index (χ2n) is 5.95. The normalized spacial score (nSPS) is 20.2. The van der Waals surface area contributed by atoms with Crippen LogP contribution in [-0.4, -0.2) is 43.7 Å². The molecule has 1 aromatic carbocycles. The molecular weight excluding hydrogens is 258 g/mol. The van der Waals surface area contributed by atoms with Gasteiger partial charge in [-0.2, -0.15) is 0 Å². The molecule has 1 aromatic rings. The van der Waals surface area contributed by atoms with Crippen LogP contribution in [0.3, 0.4) is 0 Å². The summed E-state index contributed by atoms with van der Waals surface area (Å²) in [6.07, 6.45) is 1.28. The average Bonchev–Trinajstić information content (AvgIpc) is 2.98. The number of nitrogens with zero attached hydrogens (tertiary/aromatic N) is 2. The van der Waals surface area contributed by atoms with E-state index in [1.165, 1.54) is 24.2 Å². The first-order valence-electron chi connectivity index (χ1n) is 8.52. The van der Waals surface area contributed by atoms with Crippen molar-refractivity contribution in [2.75, 3.05) is 37.6 Å². The second kappa shape index (κ2) is 7.81. The van der Waals surface area contributed by atoms with E-state index in [4.69, 9.17) is 0 Å². The minimum Gasteiger partial charge on any atom is -0.370 e. The topological polar surface area (TPSA) is 18.5 Å². The summed E-state index contributed by atoms with van der Waals surface area (Å²) in [6.45, 7) is 14.6. The van der Waals surface area contributed by atoms with Crippen LogP contribution in [0.5, 0.6) is 0 Å². The number of para-hydroxylation sites is 1. The molecule has 1 N–H and O–H groups in total. The molecule has 1 fully saturated rings. The van der Waals surface area contributed by atoms with Gasteiger partial charge < -0.3 is 10.2 Å². The number of benzene rings is 1. The molecule has 0 radical (unpaired) electrons. The van der Waals surface area contributed by atoms with E-state index in [0.717, 1.165) is 26.2 Å². The van der Waals surface area contributed by atoms with E-state index in [-0.39, 0.29) is 0 Å². The highest BCUT2D eigenvalue weighted by molar-refractivity contribution is 5.55. The van der Waals surface area contributed by atoms with Crippen molar-refractivity contribution in [1.82, 2.24) is 10.2 Å². The number of rotatable bonds is 7. The van der Waals surface area contributed by atoms with Crippen LogP contribution in [0.4, 0.5) is 5.69 Å². The first-order valence-corrected chi connectivity index (χ1v) is 8.52.